The lowest BCUT2D eigenvalue weighted by molar-refractivity contribution is -0.124. The lowest BCUT2D eigenvalue weighted by Gasteiger charge is -2.18. The molecule has 14 heavy (non-hydrogen) atoms. The van der Waals surface area contributed by atoms with Gasteiger partial charge in [0, 0.05) is 12.7 Å². The molecule has 0 fully saturated rings. The molecular formula is C12H21NO. The summed E-state index contributed by atoms with van der Waals surface area (Å²) in [5.74, 6) is 0.552. The van der Waals surface area contributed by atoms with Crippen LogP contribution in [0.2, 0.25) is 0 Å². The summed E-state index contributed by atoms with van der Waals surface area (Å²) in [5.41, 5.74) is 0. The van der Waals surface area contributed by atoms with Gasteiger partial charge in [0.25, 0.3) is 0 Å². The van der Waals surface area contributed by atoms with Crippen molar-refractivity contribution in [2.45, 2.75) is 34.1 Å². The second-order valence-corrected chi connectivity index (χ2v) is 3.68. The molecule has 0 saturated heterocycles. The van der Waals surface area contributed by atoms with Crippen LogP contribution < -0.4 is 0 Å². The van der Waals surface area contributed by atoms with Crippen molar-refractivity contribution in [2.24, 2.45) is 5.92 Å². The summed E-state index contributed by atoms with van der Waals surface area (Å²) in [6, 6.07) is 0. The molecule has 0 rings (SSSR count). The van der Waals surface area contributed by atoms with Crippen LogP contribution in [0, 0.1) is 5.92 Å². The minimum absolute atomic E-state index is 0.0610. The SMILES string of the molecule is C/C=C/C(=O)N(/C=C/CC)CC(C)C. The first-order valence-electron chi connectivity index (χ1n) is 5.21. The van der Waals surface area contributed by atoms with Crippen LogP contribution in [0.5, 0.6) is 0 Å². The fourth-order valence-corrected chi connectivity index (χ4v) is 1.09. The third-order valence-corrected chi connectivity index (χ3v) is 1.68. The van der Waals surface area contributed by atoms with Crippen molar-refractivity contribution in [1.29, 1.82) is 0 Å². The highest BCUT2D eigenvalue weighted by molar-refractivity contribution is 5.88. The number of carbonyl (C=O) groups excluding carboxylic acids is 1. The van der Waals surface area contributed by atoms with Gasteiger partial charge in [-0.2, -0.15) is 0 Å². The van der Waals surface area contributed by atoms with Crippen LogP contribution in [0.3, 0.4) is 0 Å². The summed E-state index contributed by atoms with van der Waals surface area (Å²) in [7, 11) is 0. The second-order valence-electron chi connectivity index (χ2n) is 3.68. The summed E-state index contributed by atoms with van der Waals surface area (Å²) in [6.45, 7) is 8.91. The highest BCUT2D eigenvalue weighted by atomic mass is 16.2. The molecule has 0 aromatic heterocycles. The third-order valence-electron chi connectivity index (χ3n) is 1.68. The van der Waals surface area contributed by atoms with E-state index in [4.69, 9.17) is 0 Å². The Morgan fingerprint density at radius 2 is 2.07 bits per heavy atom. The van der Waals surface area contributed by atoms with Crippen LogP contribution in [-0.2, 0) is 4.79 Å². The van der Waals surface area contributed by atoms with E-state index < -0.39 is 0 Å². The Hall–Kier alpha value is -1.05. The molecular weight excluding hydrogens is 174 g/mol. The number of rotatable bonds is 5. The maximum atomic E-state index is 11.6. The Morgan fingerprint density at radius 3 is 2.50 bits per heavy atom. The first-order chi connectivity index (χ1) is 6.61. The molecule has 0 aliphatic rings. The van der Waals surface area contributed by atoms with Crippen LogP contribution in [0.25, 0.3) is 0 Å². The van der Waals surface area contributed by atoms with E-state index in [0.29, 0.717) is 5.92 Å². The number of hydrogen-bond donors (Lipinski definition) is 0. The van der Waals surface area contributed by atoms with E-state index in [1.807, 2.05) is 19.2 Å². The average Bonchev–Trinajstić information content (AvgIpc) is 2.12. The number of amides is 1. The molecule has 0 heterocycles. The first-order valence-corrected chi connectivity index (χ1v) is 5.21. The summed E-state index contributed by atoms with van der Waals surface area (Å²) in [5, 5.41) is 0. The third kappa shape index (κ3) is 5.57. The number of allylic oxidation sites excluding steroid dienone is 2. The van der Waals surface area contributed by atoms with Gasteiger partial charge in [-0.05, 0) is 25.3 Å². The van der Waals surface area contributed by atoms with Crippen LogP contribution >= 0.6 is 0 Å². The molecule has 0 aliphatic carbocycles. The van der Waals surface area contributed by atoms with Crippen molar-refractivity contribution in [3.8, 4) is 0 Å². The fraction of sp³-hybridized carbons (Fsp3) is 0.583. The van der Waals surface area contributed by atoms with E-state index in [1.54, 1.807) is 17.1 Å². The largest absolute Gasteiger partial charge is 0.316 e. The van der Waals surface area contributed by atoms with E-state index in [1.165, 1.54) is 0 Å². The summed E-state index contributed by atoms with van der Waals surface area (Å²) >= 11 is 0. The van der Waals surface area contributed by atoms with Crippen LogP contribution in [0.15, 0.2) is 24.4 Å². The molecule has 0 unspecified atom stereocenters. The van der Waals surface area contributed by atoms with E-state index in [2.05, 4.69) is 20.8 Å². The van der Waals surface area contributed by atoms with Gasteiger partial charge in [0.2, 0.25) is 5.91 Å². The number of carbonyl (C=O) groups is 1. The molecule has 0 spiro atoms. The predicted octanol–water partition coefficient (Wildman–Crippen LogP) is 2.97. The van der Waals surface area contributed by atoms with Crippen LogP contribution in [0.1, 0.15) is 34.1 Å². The highest BCUT2D eigenvalue weighted by Crippen LogP contribution is 2.01. The lowest BCUT2D eigenvalue weighted by atomic mass is 10.2. The fourth-order valence-electron chi connectivity index (χ4n) is 1.09. The predicted molar refractivity (Wildman–Crippen MR) is 60.8 cm³/mol. The van der Waals surface area contributed by atoms with Crippen molar-refractivity contribution in [2.75, 3.05) is 6.54 Å². The van der Waals surface area contributed by atoms with Crippen molar-refractivity contribution in [3.63, 3.8) is 0 Å². The van der Waals surface area contributed by atoms with Gasteiger partial charge in [0.15, 0.2) is 0 Å². The molecule has 0 saturated carbocycles. The average molecular weight is 195 g/mol. The van der Waals surface area contributed by atoms with Crippen molar-refractivity contribution in [1.82, 2.24) is 4.90 Å². The molecule has 2 heteroatoms. The summed E-state index contributed by atoms with van der Waals surface area (Å²) in [6.07, 6.45) is 8.21. The molecule has 1 amide bonds. The van der Waals surface area contributed by atoms with Gasteiger partial charge in [-0.25, -0.2) is 0 Å². The summed E-state index contributed by atoms with van der Waals surface area (Å²) < 4.78 is 0. The first kappa shape index (κ1) is 12.9. The zero-order chi connectivity index (χ0) is 11.0. The van der Waals surface area contributed by atoms with Crippen LogP contribution in [0.4, 0.5) is 0 Å². The highest BCUT2D eigenvalue weighted by Gasteiger charge is 2.08. The molecule has 0 N–H and O–H groups in total. The van der Waals surface area contributed by atoms with E-state index in [-0.39, 0.29) is 5.91 Å². The van der Waals surface area contributed by atoms with Crippen molar-refractivity contribution in [3.05, 3.63) is 24.4 Å². The zero-order valence-electron chi connectivity index (χ0n) is 9.66. The van der Waals surface area contributed by atoms with Gasteiger partial charge in [-0.15, -0.1) is 0 Å². The molecule has 0 radical (unpaired) electrons. The Balaban J connectivity index is 4.37. The quantitative estimate of drug-likeness (QED) is 0.618. The molecule has 0 aromatic rings. The van der Waals surface area contributed by atoms with Crippen LogP contribution in [-0.4, -0.2) is 17.4 Å². The standard InChI is InChI=1S/C12H21NO/c1-5-7-9-13(10-11(3)4)12(14)8-6-2/h6-9,11H,5,10H2,1-4H3/b8-6+,9-7+. The molecule has 0 bridgehead atoms. The van der Waals surface area contributed by atoms with Gasteiger partial charge in [-0.1, -0.05) is 32.9 Å². The minimum atomic E-state index is 0.0610. The summed E-state index contributed by atoms with van der Waals surface area (Å²) in [4.78, 5) is 13.3. The lowest BCUT2D eigenvalue weighted by Crippen LogP contribution is -2.27. The van der Waals surface area contributed by atoms with Crippen molar-refractivity contribution < 1.29 is 4.79 Å². The molecule has 80 valence electrons. The van der Waals surface area contributed by atoms with Gasteiger partial charge in [0.1, 0.15) is 0 Å². The smallest absolute Gasteiger partial charge is 0.250 e. The van der Waals surface area contributed by atoms with E-state index in [0.717, 1.165) is 13.0 Å². The molecule has 0 aliphatic heterocycles. The van der Waals surface area contributed by atoms with E-state index >= 15 is 0 Å². The van der Waals surface area contributed by atoms with Gasteiger partial charge in [-0.3, -0.25) is 4.79 Å². The van der Waals surface area contributed by atoms with Gasteiger partial charge >= 0.3 is 0 Å². The topological polar surface area (TPSA) is 20.3 Å². The molecule has 0 aromatic carbocycles. The van der Waals surface area contributed by atoms with Gasteiger partial charge < -0.3 is 4.90 Å². The number of nitrogens with zero attached hydrogens (tertiary/aromatic N) is 1. The number of hydrogen-bond acceptors (Lipinski definition) is 1. The Labute approximate surface area is 87.3 Å². The maximum absolute atomic E-state index is 11.6. The van der Waals surface area contributed by atoms with Gasteiger partial charge in [0.05, 0.1) is 0 Å². The zero-order valence-corrected chi connectivity index (χ0v) is 9.66. The second kappa shape index (κ2) is 7.36. The normalized spacial score (nSPS) is 11.8. The Morgan fingerprint density at radius 1 is 1.43 bits per heavy atom. The molecule has 0 atom stereocenters. The maximum Gasteiger partial charge on any atom is 0.250 e. The Kier molecular flexibility index (Phi) is 6.81. The Bertz CT molecular complexity index is 216. The minimum Gasteiger partial charge on any atom is -0.316 e. The monoisotopic (exact) mass is 195 g/mol. The van der Waals surface area contributed by atoms with Crippen molar-refractivity contribution >= 4 is 5.91 Å². The van der Waals surface area contributed by atoms with E-state index in [9.17, 15) is 4.79 Å². The molecule has 2 nitrogen and oxygen atoms in total.